The van der Waals surface area contributed by atoms with Gasteiger partial charge in [0.05, 0.1) is 0 Å². The van der Waals surface area contributed by atoms with E-state index in [1.807, 2.05) is 13.8 Å². The van der Waals surface area contributed by atoms with Gasteiger partial charge >= 0.3 is 18.0 Å². The fourth-order valence-corrected chi connectivity index (χ4v) is 1.95. The molecule has 25 heavy (non-hydrogen) atoms. The van der Waals surface area contributed by atoms with Crippen molar-refractivity contribution >= 4 is 23.9 Å². The third-order valence-corrected chi connectivity index (χ3v) is 2.98. The van der Waals surface area contributed by atoms with Crippen molar-refractivity contribution in [3.63, 3.8) is 0 Å². The Bertz CT molecular complexity index is 497. The molecule has 144 valence electrons. The summed E-state index contributed by atoms with van der Waals surface area (Å²) in [5.41, 5.74) is -0.742. The van der Waals surface area contributed by atoms with Crippen LogP contribution in [0.1, 0.15) is 53.9 Å². The summed E-state index contributed by atoms with van der Waals surface area (Å²) in [6.45, 7) is 8.72. The molecule has 0 saturated heterocycles. The van der Waals surface area contributed by atoms with E-state index in [4.69, 9.17) is 14.9 Å². The Morgan fingerprint density at radius 1 is 1.00 bits per heavy atom. The molecule has 9 nitrogen and oxygen atoms in total. The molecule has 2 atom stereocenters. The Morgan fingerprint density at radius 3 is 1.96 bits per heavy atom. The van der Waals surface area contributed by atoms with Crippen LogP contribution in [0.2, 0.25) is 0 Å². The highest BCUT2D eigenvalue weighted by atomic mass is 16.6. The third-order valence-electron chi connectivity index (χ3n) is 2.98. The fourth-order valence-electron chi connectivity index (χ4n) is 1.95. The minimum atomic E-state index is -1.35. The molecule has 0 aromatic rings. The zero-order valence-electron chi connectivity index (χ0n) is 15.3. The number of carboxylic acids is 2. The van der Waals surface area contributed by atoms with Gasteiger partial charge in [0.15, 0.2) is 0 Å². The lowest BCUT2D eigenvalue weighted by molar-refractivity contribution is -0.143. The standard InChI is InChI=1S/C16H28N2O7/c1-9(2)8-11(18-15(24)25-16(3,4)5)13(21)17-10(14(22)23)6-7-12(19)20/h9-11H,6-8H2,1-5H3,(H,17,21)(H,18,24)(H,19,20)(H,22,23)/t10-,11+/m0/s1. The van der Waals surface area contributed by atoms with Crippen LogP contribution >= 0.6 is 0 Å². The van der Waals surface area contributed by atoms with Crippen LogP contribution in [0, 0.1) is 5.92 Å². The van der Waals surface area contributed by atoms with Gasteiger partial charge in [-0.3, -0.25) is 9.59 Å². The van der Waals surface area contributed by atoms with E-state index in [9.17, 15) is 19.2 Å². The van der Waals surface area contributed by atoms with Crippen molar-refractivity contribution in [2.45, 2.75) is 71.6 Å². The molecule has 0 aromatic carbocycles. The molecule has 4 N–H and O–H groups in total. The Hall–Kier alpha value is -2.32. The zero-order valence-corrected chi connectivity index (χ0v) is 15.3. The van der Waals surface area contributed by atoms with Gasteiger partial charge < -0.3 is 25.6 Å². The van der Waals surface area contributed by atoms with Crippen molar-refractivity contribution in [1.29, 1.82) is 0 Å². The molecule has 0 rings (SSSR count). The van der Waals surface area contributed by atoms with Crippen LogP contribution in [0.4, 0.5) is 4.79 Å². The largest absolute Gasteiger partial charge is 0.481 e. The first-order valence-corrected chi connectivity index (χ1v) is 8.06. The summed E-state index contributed by atoms with van der Waals surface area (Å²) in [5.74, 6) is -3.15. The normalized spacial score (nSPS) is 13.7. The number of nitrogens with one attached hydrogen (secondary N) is 2. The van der Waals surface area contributed by atoms with Crippen molar-refractivity contribution in [3.05, 3.63) is 0 Å². The van der Waals surface area contributed by atoms with E-state index in [0.29, 0.717) is 0 Å². The molecular weight excluding hydrogens is 332 g/mol. The molecule has 2 amide bonds. The average molecular weight is 360 g/mol. The van der Waals surface area contributed by atoms with Gasteiger partial charge in [-0.2, -0.15) is 0 Å². The first kappa shape index (κ1) is 22.7. The van der Waals surface area contributed by atoms with Crippen LogP contribution in [0.15, 0.2) is 0 Å². The van der Waals surface area contributed by atoms with Gasteiger partial charge in [0, 0.05) is 6.42 Å². The number of carbonyl (C=O) groups excluding carboxylic acids is 2. The number of amides is 2. The number of hydrogen-bond acceptors (Lipinski definition) is 5. The average Bonchev–Trinajstić information content (AvgIpc) is 2.39. The Balaban J connectivity index is 4.99. The van der Waals surface area contributed by atoms with Crippen LogP contribution in [0.5, 0.6) is 0 Å². The SMILES string of the molecule is CC(C)C[C@@H](NC(=O)OC(C)(C)C)C(=O)N[C@@H](CCC(=O)O)C(=O)O. The van der Waals surface area contributed by atoms with E-state index in [1.54, 1.807) is 20.8 Å². The van der Waals surface area contributed by atoms with Crippen molar-refractivity contribution in [2.24, 2.45) is 5.92 Å². The van der Waals surface area contributed by atoms with Crippen LogP contribution < -0.4 is 10.6 Å². The molecule has 0 saturated carbocycles. The van der Waals surface area contributed by atoms with Crippen molar-refractivity contribution in [2.75, 3.05) is 0 Å². The topological polar surface area (TPSA) is 142 Å². The maximum Gasteiger partial charge on any atom is 0.408 e. The quantitative estimate of drug-likeness (QED) is 0.486. The molecule has 0 fully saturated rings. The van der Waals surface area contributed by atoms with E-state index in [-0.39, 0.29) is 18.8 Å². The second-order valence-electron chi connectivity index (χ2n) is 7.16. The van der Waals surface area contributed by atoms with E-state index >= 15 is 0 Å². The van der Waals surface area contributed by atoms with E-state index < -0.39 is 48.0 Å². The van der Waals surface area contributed by atoms with Gasteiger partial charge in [0.25, 0.3) is 0 Å². The van der Waals surface area contributed by atoms with Gasteiger partial charge in [-0.1, -0.05) is 13.8 Å². The lowest BCUT2D eigenvalue weighted by Gasteiger charge is -2.25. The van der Waals surface area contributed by atoms with Gasteiger partial charge in [-0.25, -0.2) is 9.59 Å². The zero-order chi connectivity index (χ0) is 19.8. The molecule has 0 aliphatic carbocycles. The lowest BCUT2D eigenvalue weighted by atomic mass is 10.0. The minimum Gasteiger partial charge on any atom is -0.481 e. The van der Waals surface area contributed by atoms with Gasteiger partial charge in [-0.15, -0.1) is 0 Å². The summed E-state index contributed by atoms with van der Waals surface area (Å²) in [4.78, 5) is 46.0. The Kier molecular flexibility index (Phi) is 8.94. The smallest absolute Gasteiger partial charge is 0.408 e. The number of alkyl carbamates (subject to hydrolysis) is 1. The van der Waals surface area contributed by atoms with Gasteiger partial charge in [0.2, 0.25) is 5.91 Å². The highest BCUT2D eigenvalue weighted by molar-refractivity contribution is 5.89. The molecule has 0 heterocycles. The number of hydrogen-bond donors (Lipinski definition) is 4. The summed E-state index contributed by atoms with van der Waals surface area (Å²) >= 11 is 0. The van der Waals surface area contributed by atoms with E-state index in [1.165, 1.54) is 0 Å². The summed E-state index contributed by atoms with van der Waals surface area (Å²) in [6.07, 6.45) is -1.16. The van der Waals surface area contributed by atoms with E-state index in [2.05, 4.69) is 10.6 Å². The predicted octanol–water partition coefficient (Wildman–Crippen LogP) is 1.36. The summed E-state index contributed by atoms with van der Waals surface area (Å²) < 4.78 is 5.11. The number of aliphatic carboxylic acids is 2. The van der Waals surface area contributed by atoms with Crippen molar-refractivity contribution in [3.8, 4) is 0 Å². The maximum absolute atomic E-state index is 12.3. The molecule has 9 heteroatoms. The molecule has 0 unspecified atom stereocenters. The Labute approximate surface area is 147 Å². The summed E-state index contributed by atoms with van der Waals surface area (Å²) in [5, 5.41) is 22.5. The second-order valence-corrected chi connectivity index (χ2v) is 7.16. The highest BCUT2D eigenvalue weighted by Gasteiger charge is 2.29. The van der Waals surface area contributed by atoms with Crippen LogP contribution in [0.25, 0.3) is 0 Å². The number of carbonyl (C=O) groups is 4. The van der Waals surface area contributed by atoms with Gasteiger partial charge in [0.1, 0.15) is 17.7 Å². The first-order valence-electron chi connectivity index (χ1n) is 8.06. The minimum absolute atomic E-state index is 0.0491. The summed E-state index contributed by atoms with van der Waals surface area (Å²) in [6, 6.07) is -2.33. The highest BCUT2D eigenvalue weighted by Crippen LogP contribution is 2.10. The third kappa shape index (κ3) is 11.0. The number of rotatable bonds is 9. The van der Waals surface area contributed by atoms with Crippen LogP contribution in [0.3, 0.4) is 0 Å². The van der Waals surface area contributed by atoms with Crippen molar-refractivity contribution < 1.29 is 34.1 Å². The maximum atomic E-state index is 12.3. The van der Waals surface area contributed by atoms with Crippen LogP contribution in [-0.2, 0) is 19.1 Å². The molecule has 0 bridgehead atoms. The van der Waals surface area contributed by atoms with Crippen molar-refractivity contribution in [1.82, 2.24) is 10.6 Å². The summed E-state index contributed by atoms with van der Waals surface area (Å²) in [7, 11) is 0. The number of carboxylic acid groups (broad SMARTS) is 2. The van der Waals surface area contributed by atoms with E-state index in [0.717, 1.165) is 0 Å². The molecule has 0 spiro atoms. The molecule has 0 aliphatic heterocycles. The second kappa shape index (κ2) is 9.85. The molecule has 0 aliphatic rings. The number of ether oxygens (including phenoxy) is 1. The lowest BCUT2D eigenvalue weighted by Crippen LogP contribution is -2.52. The monoisotopic (exact) mass is 360 g/mol. The first-order chi connectivity index (χ1) is 11.3. The predicted molar refractivity (Wildman–Crippen MR) is 89.0 cm³/mol. The fraction of sp³-hybridized carbons (Fsp3) is 0.750. The molecule has 0 aromatic heterocycles. The van der Waals surface area contributed by atoms with Gasteiger partial charge in [-0.05, 0) is 39.5 Å². The Morgan fingerprint density at radius 2 is 1.56 bits per heavy atom. The van der Waals surface area contributed by atoms with Crippen LogP contribution in [-0.4, -0.2) is 51.8 Å². The molecule has 0 radical (unpaired) electrons. The molecular formula is C16H28N2O7.